The van der Waals surface area contributed by atoms with Crippen LogP contribution in [0.1, 0.15) is 43.4 Å². The number of carbonyl (C=O) groups is 3. The van der Waals surface area contributed by atoms with E-state index in [1.54, 1.807) is 11.8 Å². The molecule has 0 aliphatic carbocycles. The molecule has 33 heavy (non-hydrogen) atoms. The molecule has 2 aromatic carbocycles. The molecule has 4 amide bonds. The average molecular weight is 449 g/mol. The number of benzene rings is 2. The normalized spacial score (nSPS) is 21.1. The van der Waals surface area contributed by atoms with Crippen LogP contribution in [-0.4, -0.2) is 60.4 Å². The molecule has 2 aliphatic heterocycles. The molecular formula is C26H32N4O3. The molecule has 7 heteroatoms. The third-order valence-electron chi connectivity index (χ3n) is 6.72. The number of urea groups is 1. The Kier molecular flexibility index (Phi) is 6.15. The Morgan fingerprint density at radius 2 is 1.70 bits per heavy atom. The maximum atomic E-state index is 13.2. The molecule has 1 N–H and O–H groups in total. The quantitative estimate of drug-likeness (QED) is 0.713. The summed E-state index contributed by atoms with van der Waals surface area (Å²) in [5.74, 6) is -0.223. The molecule has 2 heterocycles. The van der Waals surface area contributed by atoms with Crippen LogP contribution in [0.4, 0.5) is 10.5 Å². The van der Waals surface area contributed by atoms with Crippen molar-refractivity contribution in [2.75, 3.05) is 37.6 Å². The minimum atomic E-state index is -1.17. The van der Waals surface area contributed by atoms with Crippen molar-refractivity contribution in [1.29, 1.82) is 0 Å². The molecule has 7 nitrogen and oxygen atoms in total. The van der Waals surface area contributed by atoms with Gasteiger partial charge in [0, 0.05) is 31.9 Å². The van der Waals surface area contributed by atoms with Gasteiger partial charge in [0.1, 0.15) is 12.1 Å². The van der Waals surface area contributed by atoms with Crippen LogP contribution in [0, 0.1) is 6.92 Å². The first-order chi connectivity index (χ1) is 15.7. The molecule has 2 aromatic rings. The van der Waals surface area contributed by atoms with E-state index < -0.39 is 17.5 Å². The molecule has 0 saturated carbocycles. The summed E-state index contributed by atoms with van der Waals surface area (Å²) in [6.45, 7) is 10.3. The van der Waals surface area contributed by atoms with Crippen molar-refractivity contribution in [3.8, 4) is 0 Å². The van der Waals surface area contributed by atoms with Crippen molar-refractivity contribution < 1.29 is 14.4 Å². The number of rotatable bonds is 5. The van der Waals surface area contributed by atoms with E-state index in [0.717, 1.165) is 29.2 Å². The van der Waals surface area contributed by atoms with Gasteiger partial charge >= 0.3 is 6.03 Å². The van der Waals surface area contributed by atoms with Crippen LogP contribution in [0.3, 0.4) is 0 Å². The highest BCUT2D eigenvalue weighted by Gasteiger charge is 2.49. The Balaban J connectivity index is 1.39. The second-order valence-corrected chi connectivity index (χ2v) is 9.43. The summed E-state index contributed by atoms with van der Waals surface area (Å²) in [5, 5.41) is 2.80. The summed E-state index contributed by atoms with van der Waals surface area (Å²) in [6.07, 6.45) is 0. The van der Waals surface area contributed by atoms with Crippen LogP contribution in [0.15, 0.2) is 48.5 Å². The lowest BCUT2D eigenvalue weighted by Gasteiger charge is -2.36. The number of anilines is 1. The van der Waals surface area contributed by atoms with Gasteiger partial charge in [-0.1, -0.05) is 50.2 Å². The lowest BCUT2D eigenvalue weighted by molar-refractivity contribution is -0.139. The minimum absolute atomic E-state index is 0.207. The number of nitrogens with one attached hydrogen (secondary N) is 1. The van der Waals surface area contributed by atoms with Gasteiger partial charge in [0.15, 0.2) is 0 Å². The van der Waals surface area contributed by atoms with E-state index in [4.69, 9.17) is 0 Å². The van der Waals surface area contributed by atoms with E-state index in [2.05, 4.69) is 49.2 Å². The maximum absolute atomic E-state index is 13.2. The third-order valence-corrected chi connectivity index (χ3v) is 6.72. The number of piperazine rings is 1. The number of carbonyl (C=O) groups excluding carboxylic acids is 3. The minimum Gasteiger partial charge on any atom is -0.368 e. The van der Waals surface area contributed by atoms with Gasteiger partial charge in [-0.05, 0) is 48.6 Å². The van der Waals surface area contributed by atoms with Gasteiger partial charge in [-0.15, -0.1) is 0 Å². The van der Waals surface area contributed by atoms with E-state index in [1.807, 2.05) is 30.3 Å². The fourth-order valence-electron chi connectivity index (χ4n) is 4.51. The standard InChI is InChI=1S/C26H32N4O3/c1-18(2)20-8-10-21(11-9-20)26(4)24(32)30(25(33)27-26)17-23(31)29-14-12-28(13-15-29)22-7-5-6-19(3)16-22/h5-11,16,18H,12-15,17H2,1-4H3,(H,27,33). The number of imide groups is 1. The van der Waals surface area contributed by atoms with Gasteiger partial charge in [0.25, 0.3) is 5.91 Å². The highest BCUT2D eigenvalue weighted by atomic mass is 16.2. The molecule has 1 unspecified atom stereocenters. The Morgan fingerprint density at radius 1 is 1.03 bits per heavy atom. The summed E-state index contributed by atoms with van der Waals surface area (Å²) in [6, 6.07) is 15.5. The third kappa shape index (κ3) is 4.45. The van der Waals surface area contributed by atoms with Crippen LogP contribution < -0.4 is 10.2 Å². The lowest BCUT2D eigenvalue weighted by Crippen LogP contribution is -2.52. The van der Waals surface area contributed by atoms with E-state index in [9.17, 15) is 14.4 Å². The number of hydrogen-bond acceptors (Lipinski definition) is 4. The monoisotopic (exact) mass is 448 g/mol. The highest BCUT2D eigenvalue weighted by Crippen LogP contribution is 2.30. The van der Waals surface area contributed by atoms with Crippen molar-refractivity contribution in [2.45, 2.75) is 39.2 Å². The van der Waals surface area contributed by atoms with Crippen molar-refractivity contribution in [1.82, 2.24) is 15.1 Å². The molecule has 0 radical (unpaired) electrons. The van der Waals surface area contributed by atoms with Crippen LogP contribution in [0.25, 0.3) is 0 Å². The van der Waals surface area contributed by atoms with E-state index in [0.29, 0.717) is 24.6 Å². The average Bonchev–Trinajstić information content (AvgIpc) is 3.03. The fraction of sp³-hybridized carbons (Fsp3) is 0.423. The van der Waals surface area contributed by atoms with E-state index in [-0.39, 0.29) is 12.5 Å². The Hall–Kier alpha value is -3.35. The van der Waals surface area contributed by atoms with Gasteiger partial charge in [-0.25, -0.2) is 4.79 Å². The molecule has 2 saturated heterocycles. The number of aryl methyl sites for hydroxylation is 1. The summed E-state index contributed by atoms with van der Waals surface area (Å²) in [5.41, 5.74) is 3.06. The van der Waals surface area contributed by atoms with Crippen molar-refractivity contribution >= 4 is 23.5 Å². The van der Waals surface area contributed by atoms with Gasteiger partial charge in [-0.2, -0.15) is 0 Å². The van der Waals surface area contributed by atoms with E-state index >= 15 is 0 Å². The zero-order valence-electron chi connectivity index (χ0n) is 19.8. The summed E-state index contributed by atoms with van der Waals surface area (Å²) in [7, 11) is 0. The number of amides is 4. The summed E-state index contributed by atoms with van der Waals surface area (Å²) in [4.78, 5) is 43.8. The van der Waals surface area contributed by atoms with E-state index in [1.165, 1.54) is 5.56 Å². The van der Waals surface area contributed by atoms with Crippen LogP contribution in [0.5, 0.6) is 0 Å². The maximum Gasteiger partial charge on any atom is 0.325 e. The van der Waals surface area contributed by atoms with Crippen LogP contribution in [-0.2, 0) is 15.1 Å². The first-order valence-electron chi connectivity index (χ1n) is 11.5. The predicted octanol–water partition coefficient (Wildman–Crippen LogP) is 3.23. The largest absolute Gasteiger partial charge is 0.368 e. The summed E-state index contributed by atoms with van der Waals surface area (Å²) < 4.78 is 0. The lowest BCUT2D eigenvalue weighted by atomic mass is 9.90. The smallest absolute Gasteiger partial charge is 0.325 e. The van der Waals surface area contributed by atoms with Gasteiger partial charge in [-0.3, -0.25) is 14.5 Å². The zero-order chi connectivity index (χ0) is 23.8. The molecule has 0 spiro atoms. The number of hydrogen-bond donors (Lipinski definition) is 1. The van der Waals surface area contributed by atoms with Crippen LogP contribution in [0.2, 0.25) is 0 Å². The van der Waals surface area contributed by atoms with Crippen molar-refractivity contribution in [2.24, 2.45) is 0 Å². The Bertz CT molecular complexity index is 1060. The van der Waals surface area contributed by atoms with Crippen molar-refractivity contribution in [3.05, 3.63) is 65.2 Å². The zero-order valence-corrected chi connectivity index (χ0v) is 19.8. The second kappa shape index (κ2) is 8.89. The van der Waals surface area contributed by atoms with Gasteiger partial charge < -0.3 is 15.1 Å². The van der Waals surface area contributed by atoms with Gasteiger partial charge in [0.2, 0.25) is 5.91 Å². The molecule has 4 rings (SSSR count). The van der Waals surface area contributed by atoms with Crippen molar-refractivity contribution in [3.63, 3.8) is 0 Å². The molecule has 0 aromatic heterocycles. The molecule has 2 fully saturated rings. The second-order valence-electron chi connectivity index (χ2n) is 9.43. The van der Waals surface area contributed by atoms with Gasteiger partial charge in [0.05, 0.1) is 0 Å². The molecule has 174 valence electrons. The number of nitrogens with zero attached hydrogens (tertiary/aromatic N) is 3. The molecule has 0 bridgehead atoms. The SMILES string of the molecule is Cc1cccc(N2CCN(C(=O)CN3C(=O)NC(C)(c4ccc(C(C)C)cc4)C3=O)CC2)c1. The summed E-state index contributed by atoms with van der Waals surface area (Å²) >= 11 is 0. The first-order valence-corrected chi connectivity index (χ1v) is 11.5. The Labute approximate surface area is 195 Å². The molecular weight excluding hydrogens is 416 g/mol. The van der Waals surface area contributed by atoms with Crippen LogP contribution >= 0.6 is 0 Å². The fourth-order valence-corrected chi connectivity index (χ4v) is 4.51. The topological polar surface area (TPSA) is 73.0 Å². The molecule has 2 aliphatic rings. The molecule has 1 atom stereocenters. The predicted molar refractivity (Wildman–Crippen MR) is 128 cm³/mol. The Morgan fingerprint density at radius 3 is 2.30 bits per heavy atom. The highest BCUT2D eigenvalue weighted by molar-refractivity contribution is 6.09. The first kappa shape index (κ1) is 22.8.